The van der Waals surface area contributed by atoms with Gasteiger partial charge < -0.3 is 4.42 Å². The van der Waals surface area contributed by atoms with Gasteiger partial charge in [0.2, 0.25) is 0 Å². The number of hydrogen-bond acceptors (Lipinski definition) is 1. The van der Waals surface area contributed by atoms with Crippen molar-refractivity contribution in [2.75, 3.05) is 0 Å². The molecule has 0 saturated carbocycles. The zero-order chi connectivity index (χ0) is 15.2. The molecule has 0 spiro atoms. The van der Waals surface area contributed by atoms with Crippen LogP contribution >= 0.6 is 11.6 Å². The molecule has 1 nitrogen and oxygen atoms in total. The van der Waals surface area contributed by atoms with Crippen LogP contribution in [0.25, 0.3) is 0 Å². The number of benzene rings is 1. The molecule has 0 aliphatic rings. The van der Waals surface area contributed by atoms with Gasteiger partial charge in [-0.25, -0.2) is 0 Å². The maximum absolute atomic E-state index is 6.80. The summed E-state index contributed by atoms with van der Waals surface area (Å²) in [6.07, 6.45) is 0. The molecule has 2 rings (SSSR count). The molecule has 0 fully saturated rings. The van der Waals surface area contributed by atoms with Crippen LogP contribution in [0.1, 0.15) is 55.8 Å². The molecule has 1 unspecified atom stereocenters. The molecule has 0 bridgehead atoms. The van der Waals surface area contributed by atoms with Gasteiger partial charge in [-0.2, -0.15) is 0 Å². The lowest BCUT2D eigenvalue weighted by Crippen LogP contribution is -2.06. The Morgan fingerprint density at radius 2 is 1.25 bits per heavy atom. The summed E-state index contributed by atoms with van der Waals surface area (Å²) in [5.74, 6) is 1.83. The zero-order valence-electron chi connectivity index (χ0n) is 13.4. The zero-order valence-corrected chi connectivity index (χ0v) is 14.2. The van der Waals surface area contributed by atoms with Gasteiger partial charge >= 0.3 is 0 Å². The second kappa shape index (κ2) is 5.29. The third-order valence-corrected chi connectivity index (χ3v) is 5.12. The van der Waals surface area contributed by atoms with Gasteiger partial charge in [0.1, 0.15) is 11.5 Å². The van der Waals surface area contributed by atoms with Gasteiger partial charge in [-0.15, -0.1) is 11.6 Å². The van der Waals surface area contributed by atoms with Crippen molar-refractivity contribution in [1.82, 2.24) is 0 Å². The minimum Gasteiger partial charge on any atom is -0.466 e. The third kappa shape index (κ3) is 2.29. The molecule has 0 saturated heterocycles. The molecule has 2 aromatic rings. The van der Waals surface area contributed by atoms with E-state index in [1.807, 2.05) is 13.8 Å². The summed E-state index contributed by atoms with van der Waals surface area (Å²) in [6, 6.07) is 2.05. The summed E-state index contributed by atoms with van der Waals surface area (Å²) in [5.41, 5.74) is 8.95. The number of hydrogen-bond donors (Lipinski definition) is 0. The molecule has 0 N–H and O–H groups in total. The number of alkyl halides is 1. The fraction of sp³-hybridized carbons (Fsp3) is 0.444. The largest absolute Gasteiger partial charge is 0.466 e. The van der Waals surface area contributed by atoms with E-state index >= 15 is 0 Å². The van der Waals surface area contributed by atoms with E-state index in [2.05, 4.69) is 40.7 Å². The normalized spacial score (nSPS) is 12.8. The summed E-state index contributed by atoms with van der Waals surface area (Å²) in [5, 5.41) is -0.148. The second-order valence-electron chi connectivity index (χ2n) is 5.77. The highest BCUT2D eigenvalue weighted by atomic mass is 35.5. The van der Waals surface area contributed by atoms with Crippen LogP contribution in [-0.2, 0) is 0 Å². The molecule has 1 aromatic carbocycles. The lowest BCUT2D eigenvalue weighted by atomic mass is 9.86. The van der Waals surface area contributed by atoms with E-state index in [0.29, 0.717) is 0 Å². The Hall–Kier alpha value is -1.21. The second-order valence-corrected chi connectivity index (χ2v) is 6.21. The molecule has 20 heavy (non-hydrogen) atoms. The van der Waals surface area contributed by atoms with Gasteiger partial charge in [0.05, 0.1) is 5.38 Å². The fourth-order valence-corrected chi connectivity index (χ4v) is 3.51. The average molecular weight is 291 g/mol. The van der Waals surface area contributed by atoms with Crippen LogP contribution in [-0.4, -0.2) is 0 Å². The van der Waals surface area contributed by atoms with E-state index < -0.39 is 0 Å². The van der Waals surface area contributed by atoms with Crippen LogP contribution in [0.4, 0.5) is 0 Å². The standard InChI is InChI=1S/C18H23ClO/c1-9-8-16(15(7)20-9)18(19)17-13(5)11(3)10(2)12(4)14(17)6/h8,18H,1-7H3. The molecule has 0 aliphatic heterocycles. The van der Waals surface area contributed by atoms with Crippen molar-refractivity contribution in [3.8, 4) is 0 Å². The monoisotopic (exact) mass is 290 g/mol. The first-order chi connectivity index (χ1) is 9.25. The molecule has 1 heterocycles. The van der Waals surface area contributed by atoms with Gasteiger partial charge in [0, 0.05) is 5.56 Å². The molecule has 1 atom stereocenters. The van der Waals surface area contributed by atoms with Crippen molar-refractivity contribution in [1.29, 1.82) is 0 Å². The van der Waals surface area contributed by atoms with Crippen molar-refractivity contribution in [3.63, 3.8) is 0 Å². The van der Waals surface area contributed by atoms with Crippen molar-refractivity contribution >= 4 is 11.6 Å². The Morgan fingerprint density at radius 1 is 0.800 bits per heavy atom. The first-order valence-electron chi connectivity index (χ1n) is 7.03. The van der Waals surface area contributed by atoms with Gasteiger partial charge in [-0.3, -0.25) is 0 Å². The third-order valence-electron chi connectivity index (χ3n) is 4.66. The quantitative estimate of drug-likeness (QED) is 0.640. The van der Waals surface area contributed by atoms with E-state index in [9.17, 15) is 0 Å². The van der Waals surface area contributed by atoms with Crippen LogP contribution in [0.15, 0.2) is 10.5 Å². The summed E-state index contributed by atoms with van der Waals surface area (Å²) in [6.45, 7) is 14.8. The van der Waals surface area contributed by atoms with Gasteiger partial charge in [0.25, 0.3) is 0 Å². The Morgan fingerprint density at radius 3 is 1.65 bits per heavy atom. The smallest absolute Gasteiger partial charge is 0.106 e. The predicted molar refractivity (Wildman–Crippen MR) is 86.0 cm³/mol. The minimum absolute atomic E-state index is 0.148. The predicted octanol–water partition coefficient (Wildman–Crippen LogP) is 5.77. The first kappa shape index (κ1) is 15.2. The van der Waals surface area contributed by atoms with Crippen molar-refractivity contribution in [2.24, 2.45) is 0 Å². The number of furan rings is 1. The highest BCUT2D eigenvalue weighted by Crippen LogP contribution is 2.39. The summed E-state index contributed by atoms with van der Waals surface area (Å²) in [4.78, 5) is 0. The van der Waals surface area contributed by atoms with Gasteiger partial charge in [0.15, 0.2) is 0 Å². The molecule has 2 heteroatoms. The highest BCUT2D eigenvalue weighted by molar-refractivity contribution is 6.23. The lowest BCUT2D eigenvalue weighted by molar-refractivity contribution is 0.501. The van der Waals surface area contributed by atoms with Crippen LogP contribution < -0.4 is 0 Å². The van der Waals surface area contributed by atoms with E-state index in [0.717, 1.165) is 17.1 Å². The van der Waals surface area contributed by atoms with Crippen molar-refractivity contribution in [2.45, 2.75) is 53.8 Å². The fourth-order valence-electron chi connectivity index (χ4n) is 2.97. The van der Waals surface area contributed by atoms with E-state index in [-0.39, 0.29) is 5.38 Å². The summed E-state index contributed by atoms with van der Waals surface area (Å²) in [7, 11) is 0. The van der Waals surface area contributed by atoms with Gasteiger partial charge in [-0.05, 0) is 87.9 Å². The minimum atomic E-state index is -0.148. The molecule has 0 aliphatic carbocycles. The maximum atomic E-state index is 6.80. The van der Waals surface area contributed by atoms with E-state index in [1.54, 1.807) is 0 Å². The van der Waals surface area contributed by atoms with Crippen LogP contribution in [0, 0.1) is 48.5 Å². The summed E-state index contributed by atoms with van der Waals surface area (Å²) < 4.78 is 5.64. The highest BCUT2D eigenvalue weighted by Gasteiger charge is 2.23. The Kier molecular flexibility index (Phi) is 4.02. The van der Waals surface area contributed by atoms with Crippen LogP contribution in [0.5, 0.6) is 0 Å². The molecule has 0 amide bonds. The van der Waals surface area contributed by atoms with E-state index in [4.69, 9.17) is 16.0 Å². The summed E-state index contributed by atoms with van der Waals surface area (Å²) >= 11 is 6.80. The number of rotatable bonds is 2. The van der Waals surface area contributed by atoms with Crippen LogP contribution in [0.2, 0.25) is 0 Å². The maximum Gasteiger partial charge on any atom is 0.106 e. The molecular weight excluding hydrogens is 268 g/mol. The van der Waals surface area contributed by atoms with Crippen LogP contribution in [0.3, 0.4) is 0 Å². The molecule has 108 valence electrons. The van der Waals surface area contributed by atoms with Crippen molar-refractivity contribution in [3.05, 3.63) is 56.5 Å². The number of aryl methyl sites for hydroxylation is 2. The molecular formula is C18H23ClO. The van der Waals surface area contributed by atoms with Crippen molar-refractivity contribution < 1.29 is 4.42 Å². The molecule has 0 radical (unpaired) electrons. The molecule has 1 aromatic heterocycles. The van der Waals surface area contributed by atoms with E-state index in [1.165, 1.54) is 33.4 Å². The first-order valence-corrected chi connectivity index (χ1v) is 7.47. The topological polar surface area (TPSA) is 13.1 Å². The SMILES string of the molecule is Cc1cc(C(Cl)c2c(C)c(C)c(C)c(C)c2C)c(C)o1. The Balaban J connectivity index is 2.67. The van der Waals surface area contributed by atoms with Gasteiger partial charge in [-0.1, -0.05) is 0 Å². The Labute approximate surface area is 127 Å². The Bertz CT molecular complexity index is 636. The average Bonchev–Trinajstić information content (AvgIpc) is 2.73. The lowest BCUT2D eigenvalue weighted by Gasteiger charge is -2.22. The number of halogens is 1.